The average molecular weight is 192 g/mol. The van der Waals surface area contributed by atoms with Crippen LogP contribution in [-0.2, 0) is 0 Å². The van der Waals surface area contributed by atoms with E-state index in [1.165, 1.54) is 6.42 Å². The zero-order valence-electron chi connectivity index (χ0n) is 8.40. The van der Waals surface area contributed by atoms with Crippen LogP contribution in [0.3, 0.4) is 0 Å². The number of nitrogens with zero attached hydrogens (tertiary/aromatic N) is 1. The monoisotopic (exact) mass is 192 g/mol. The van der Waals surface area contributed by atoms with Crippen LogP contribution in [0.2, 0.25) is 0 Å². The van der Waals surface area contributed by atoms with Crippen molar-refractivity contribution in [3.63, 3.8) is 0 Å². The van der Waals surface area contributed by atoms with E-state index in [0.717, 1.165) is 18.8 Å². The third kappa shape index (κ3) is 2.17. The van der Waals surface area contributed by atoms with Crippen LogP contribution in [0, 0.1) is 0 Å². The van der Waals surface area contributed by atoms with Crippen LogP contribution in [0.25, 0.3) is 0 Å². The fourth-order valence-electron chi connectivity index (χ4n) is 1.85. The van der Waals surface area contributed by atoms with E-state index in [4.69, 9.17) is 5.11 Å². The molecule has 0 spiro atoms. The Kier molecular flexibility index (Phi) is 2.59. The molecule has 0 saturated carbocycles. The van der Waals surface area contributed by atoms with E-state index in [2.05, 4.69) is 17.3 Å². The van der Waals surface area contributed by atoms with E-state index in [9.17, 15) is 0 Å². The lowest BCUT2D eigenvalue weighted by Gasteiger charge is -2.13. The number of phenolic OH excluding ortho intramolecular Hbond substituents is 1. The standard InChI is InChI=1S/C11H16N2O/c1-13-7-6-10(8-13)12-9-2-4-11(14)5-3-9/h2-5,10,12,14H,6-8H2,1H3. The van der Waals surface area contributed by atoms with Crippen LogP contribution < -0.4 is 5.32 Å². The van der Waals surface area contributed by atoms with Crippen molar-refractivity contribution in [3.8, 4) is 5.75 Å². The lowest BCUT2D eigenvalue weighted by Crippen LogP contribution is -2.23. The SMILES string of the molecule is CN1CCC(Nc2ccc(O)cc2)C1. The second-order valence-electron chi connectivity index (χ2n) is 3.94. The molecular weight excluding hydrogens is 176 g/mol. The molecule has 2 N–H and O–H groups in total. The van der Waals surface area contributed by atoms with Crippen LogP contribution in [-0.4, -0.2) is 36.2 Å². The molecule has 0 aromatic heterocycles. The summed E-state index contributed by atoms with van der Waals surface area (Å²) in [6.45, 7) is 2.26. The van der Waals surface area contributed by atoms with Crippen molar-refractivity contribution in [2.75, 3.05) is 25.5 Å². The summed E-state index contributed by atoms with van der Waals surface area (Å²) < 4.78 is 0. The van der Waals surface area contributed by atoms with Gasteiger partial charge in [-0.05, 0) is 44.3 Å². The molecule has 0 bridgehead atoms. The van der Waals surface area contributed by atoms with E-state index in [1.54, 1.807) is 12.1 Å². The third-order valence-corrected chi connectivity index (χ3v) is 2.63. The van der Waals surface area contributed by atoms with Gasteiger partial charge in [0.2, 0.25) is 0 Å². The first-order valence-electron chi connectivity index (χ1n) is 4.98. The maximum atomic E-state index is 9.12. The smallest absolute Gasteiger partial charge is 0.115 e. The normalized spacial score (nSPS) is 22.5. The third-order valence-electron chi connectivity index (χ3n) is 2.63. The predicted octanol–water partition coefficient (Wildman–Crippen LogP) is 1.51. The van der Waals surface area contributed by atoms with Gasteiger partial charge in [-0.25, -0.2) is 0 Å². The van der Waals surface area contributed by atoms with Gasteiger partial charge in [0.05, 0.1) is 0 Å². The van der Waals surface area contributed by atoms with Gasteiger partial charge < -0.3 is 15.3 Å². The van der Waals surface area contributed by atoms with E-state index < -0.39 is 0 Å². The number of phenols is 1. The number of nitrogens with one attached hydrogen (secondary N) is 1. The molecule has 0 amide bonds. The van der Waals surface area contributed by atoms with Gasteiger partial charge in [-0.3, -0.25) is 0 Å². The molecule has 14 heavy (non-hydrogen) atoms. The molecule has 3 nitrogen and oxygen atoms in total. The summed E-state index contributed by atoms with van der Waals surface area (Å²) >= 11 is 0. The molecule has 1 atom stereocenters. The number of rotatable bonds is 2. The van der Waals surface area contributed by atoms with Crippen LogP contribution in [0.15, 0.2) is 24.3 Å². The average Bonchev–Trinajstić information content (AvgIpc) is 2.56. The molecular formula is C11H16N2O. The summed E-state index contributed by atoms with van der Waals surface area (Å²) in [4.78, 5) is 2.32. The Bertz CT molecular complexity index is 297. The molecule has 2 rings (SSSR count). The second-order valence-corrected chi connectivity index (χ2v) is 3.94. The summed E-state index contributed by atoms with van der Waals surface area (Å²) in [7, 11) is 2.14. The lowest BCUT2D eigenvalue weighted by molar-refractivity contribution is 0.414. The zero-order valence-corrected chi connectivity index (χ0v) is 8.40. The van der Waals surface area contributed by atoms with Gasteiger partial charge in [-0.1, -0.05) is 0 Å². The fourth-order valence-corrected chi connectivity index (χ4v) is 1.85. The van der Waals surface area contributed by atoms with Crippen molar-refractivity contribution in [2.45, 2.75) is 12.5 Å². The van der Waals surface area contributed by atoms with Crippen molar-refractivity contribution in [2.24, 2.45) is 0 Å². The molecule has 1 fully saturated rings. The molecule has 1 aliphatic heterocycles. The van der Waals surface area contributed by atoms with Crippen LogP contribution in [0.1, 0.15) is 6.42 Å². The van der Waals surface area contributed by atoms with Crippen LogP contribution in [0.5, 0.6) is 5.75 Å². The Morgan fingerprint density at radius 1 is 1.36 bits per heavy atom. The van der Waals surface area contributed by atoms with Crippen molar-refractivity contribution in [1.82, 2.24) is 4.90 Å². The van der Waals surface area contributed by atoms with Gasteiger partial charge in [0.25, 0.3) is 0 Å². The summed E-state index contributed by atoms with van der Waals surface area (Å²) in [5, 5.41) is 12.6. The molecule has 1 unspecified atom stereocenters. The predicted molar refractivity (Wildman–Crippen MR) is 57.6 cm³/mol. The molecule has 3 heteroatoms. The van der Waals surface area contributed by atoms with Crippen molar-refractivity contribution in [1.29, 1.82) is 0 Å². The maximum absolute atomic E-state index is 9.12. The Balaban J connectivity index is 1.94. The van der Waals surface area contributed by atoms with Gasteiger partial charge in [0.1, 0.15) is 5.75 Å². The van der Waals surface area contributed by atoms with Crippen molar-refractivity contribution >= 4 is 5.69 Å². The minimum Gasteiger partial charge on any atom is -0.508 e. The number of likely N-dealkylation sites (tertiary alicyclic amines) is 1. The first-order chi connectivity index (χ1) is 6.74. The zero-order chi connectivity index (χ0) is 9.97. The highest BCUT2D eigenvalue weighted by Gasteiger charge is 2.18. The fraction of sp³-hybridized carbons (Fsp3) is 0.455. The molecule has 1 aromatic rings. The minimum absolute atomic E-state index is 0.319. The molecule has 1 saturated heterocycles. The highest BCUT2D eigenvalue weighted by Crippen LogP contribution is 2.17. The van der Waals surface area contributed by atoms with Crippen molar-refractivity contribution in [3.05, 3.63) is 24.3 Å². The highest BCUT2D eigenvalue weighted by atomic mass is 16.3. The molecule has 1 aromatic carbocycles. The Morgan fingerprint density at radius 2 is 2.07 bits per heavy atom. The molecule has 1 heterocycles. The Labute approximate surface area is 84.4 Å². The topological polar surface area (TPSA) is 35.5 Å². The minimum atomic E-state index is 0.319. The quantitative estimate of drug-likeness (QED) is 0.697. The number of hydrogen-bond acceptors (Lipinski definition) is 3. The van der Waals surface area contributed by atoms with Crippen molar-refractivity contribution < 1.29 is 5.11 Å². The molecule has 0 aliphatic carbocycles. The first kappa shape index (κ1) is 9.34. The summed E-state index contributed by atoms with van der Waals surface area (Å²) in [5.74, 6) is 0.319. The number of hydrogen-bond donors (Lipinski definition) is 2. The van der Waals surface area contributed by atoms with E-state index in [-0.39, 0.29) is 0 Å². The highest BCUT2D eigenvalue weighted by molar-refractivity contribution is 5.46. The first-order valence-corrected chi connectivity index (χ1v) is 4.98. The summed E-state index contributed by atoms with van der Waals surface area (Å²) in [5.41, 5.74) is 1.09. The van der Waals surface area contributed by atoms with Gasteiger partial charge in [0.15, 0.2) is 0 Å². The maximum Gasteiger partial charge on any atom is 0.115 e. The Hall–Kier alpha value is -1.22. The largest absolute Gasteiger partial charge is 0.508 e. The van der Waals surface area contributed by atoms with Crippen LogP contribution >= 0.6 is 0 Å². The van der Waals surface area contributed by atoms with E-state index in [0.29, 0.717) is 11.8 Å². The second kappa shape index (κ2) is 3.88. The lowest BCUT2D eigenvalue weighted by atomic mass is 10.2. The number of benzene rings is 1. The van der Waals surface area contributed by atoms with Gasteiger partial charge in [-0.15, -0.1) is 0 Å². The molecule has 1 aliphatic rings. The number of anilines is 1. The van der Waals surface area contributed by atoms with Gasteiger partial charge >= 0.3 is 0 Å². The number of likely N-dealkylation sites (N-methyl/N-ethyl adjacent to an activating group) is 1. The Morgan fingerprint density at radius 3 is 2.64 bits per heavy atom. The summed E-state index contributed by atoms with van der Waals surface area (Å²) in [6.07, 6.45) is 1.19. The molecule has 76 valence electrons. The summed E-state index contributed by atoms with van der Waals surface area (Å²) in [6, 6.07) is 7.79. The van der Waals surface area contributed by atoms with Gasteiger partial charge in [-0.2, -0.15) is 0 Å². The van der Waals surface area contributed by atoms with Gasteiger partial charge in [0, 0.05) is 18.3 Å². The number of aromatic hydroxyl groups is 1. The van der Waals surface area contributed by atoms with E-state index >= 15 is 0 Å². The molecule has 0 radical (unpaired) electrons. The van der Waals surface area contributed by atoms with Crippen LogP contribution in [0.4, 0.5) is 5.69 Å². The van der Waals surface area contributed by atoms with E-state index in [1.807, 2.05) is 12.1 Å².